The molecule has 0 radical (unpaired) electrons. The number of allylic oxidation sites excluding steroid dienone is 2. The maximum Gasteiger partial charge on any atom is 0.362 e. The highest BCUT2D eigenvalue weighted by Crippen LogP contribution is 2.39. The molecular formula is C13H10N2O3. The van der Waals surface area contributed by atoms with Crippen LogP contribution in [0.15, 0.2) is 53.7 Å². The first-order valence-electron chi connectivity index (χ1n) is 5.42. The summed E-state index contributed by atoms with van der Waals surface area (Å²) in [6.07, 6.45) is 6.55. The number of carboxylic acids is 1. The van der Waals surface area contributed by atoms with Gasteiger partial charge in [-0.1, -0.05) is 24.3 Å². The van der Waals surface area contributed by atoms with Crippen LogP contribution in [0.5, 0.6) is 0 Å². The number of nitrogens with zero attached hydrogens (tertiary/aromatic N) is 2. The summed E-state index contributed by atoms with van der Waals surface area (Å²) >= 11 is 0. The van der Waals surface area contributed by atoms with Crippen LogP contribution >= 0.6 is 0 Å². The number of hydrogen-bond donors (Lipinski definition) is 2. The molecule has 2 aliphatic heterocycles. The fraction of sp³-hybridized carbons (Fsp3) is 0.0769. The molecule has 2 N–H and O–H groups in total. The summed E-state index contributed by atoms with van der Waals surface area (Å²) in [6.45, 7) is 0. The number of hydrogen-bond acceptors (Lipinski definition) is 4. The lowest BCUT2D eigenvalue weighted by molar-refractivity contribution is -0.173. The van der Waals surface area contributed by atoms with E-state index in [0.29, 0.717) is 11.5 Å². The van der Waals surface area contributed by atoms with Crippen LogP contribution in [0.25, 0.3) is 0 Å². The second-order valence-electron chi connectivity index (χ2n) is 4.04. The largest absolute Gasteiger partial charge is 0.477 e. The van der Waals surface area contributed by atoms with Gasteiger partial charge in [-0.15, -0.1) is 0 Å². The summed E-state index contributed by atoms with van der Waals surface area (Å²) in [5, 5.41) is 19.9. The van der Waals surface area contributed by atoms with Gasteiger partial charge in [0.15, 0.2) is 0 Å². The van der Waals surface area contributed by atoms with Crippen LogP contribution in [0.1, 0.15) is 5.56 Å². The fourth-order valence-corrected chi connectivity index (χ4v) is 2.14. The fourth-order valence-electron chi connectivity index (χ4n) is 2.14. The Morgan fingerprint density at radius 2 is 2.06 bits per heavy atom. The van der Waals surface area contributed by atoms with E-state index in [0.717, 1.165) is 0 Å². The number of rotatable bonds is 1. The lowest BCUT2D eigenvalue weighted by Crippen LogP contribution is -2.53. The quantitative estimate of drug-likeness (QED) is 0.779. The molecule has 0 saturated carbocycles. The highest BCUT2D eigenvalue weighted by Gasteiger charge is 2.48. The summed E-state index contributed by atoms with van der Waals surface area (Å²) < 4.78 is 0. The van der Waals surface area contributed by atoms with E-state index in [4.69, 9.17) is 0 Å². The number of aliphatic hydroxyl groups is 1. The van der Waals surface area contributed by atoms with Gasteiger partial charge in [-0.25, -0.2) is 9.79 Å². The van der Waals surface area contributed by atoms with Crippen molar-refractivity contribution in [3.05, 3.63) is 54.3 Å². The summed E-state index contributed by atoms with van der Waals surface area (Å²) in [7, 11) is 0. The van der Waals surface area contributed by atoms with E-state index in [2.05, 4.69) is 4.99 Å². The van der Waals surface area contributed by atoms with E-state index in [1.165, 1.54) is 11.1 Å². The second-order valence-corrected chi connectivity index (χ2v) is 4.04. The van der Waals surface area contributed by atoms with E-state index in [-0.39, 0.29) is 5.56 Å². The highest BCUT2D eigenvalue weighted by molar-refractivity contribution is 6.02. The van der Waals surface area contributed by atoms with Crippen molar-refractivity contribution in [3.8, 4) is 0 Å². The molecule has 0 bridgehead atoms. The number of amidine groups is 1. The van der Waals surface area contributed by atoms with Crippen molar-refractivity contribution in [2.45, 2.75) is 5.72 Å². The number of aliphatic carboxylic acids is 1. The van der Waals surface area contributed by atoms with Crippen molar-refractivity contribution in [1.82, 2.24) is 4.90 Å². The van der Waals surface area contributed by atoms with E-state index >= 15 is 0 Å². The van der Waals surface area contributed by atoms with Crippen LogP contribution in [0, 0.1) is 0 Å². The SMILES string of the molecule is O=C(O)C1(O)c2ccccc2N=C2C=CC=CN21. The Kier molecular flexibility index (Phi) is 2.11. The van der Waals surface area contributed by atoms with Crippen molar-refractivity contribution in [2.24, 2.45) is 4.99 Å². The van der Waals surface area contributed by atoms with Crippen LogP contribution in [-0.2, 0) is 10.5 Å². The minimum atomic E-state index is -2.12. The van der Waals surface area contributed by atoms with E-state index in [1.807, 2.05) is 0 Å². The number of fused-ring (bicyclic) bond motifs is 2. The summed E-state index contributed by atoms with van der Waals surface area (Å²) in [5.74, 6) is -0.927. The van der Waals surface area contributed by atoms with Crippen molar-refractivity contribution in [3.63, 3.8) is 0 Å². The molecular weight excluding hydrogens is 232 g/mol. The van der Waals surface area contributed by atoms with Gasteiger partial charge >= 0.3 is 5.97 Å². The Labute approximate surface area is 103 Å². The molecule has 5 heteroatoms. The number of para-hydroxylation sites is 1. The number of benzene rings is 1. The zero-order valence-electron chi connectivity index (χ0n) is 9.32. The van der Waals surface area contributed by atoms with Gasteiger partial charge in [0.05, 0.1) is 5.69 Å². The van der Waals surface area contributed by atoms with E-state index in [1.54, 1.807) is 42.5 Å². The molecule has 0 fully saturated rings. The third kappa shape index (κ3) is 1.25. The topological polar surface area (TPSA) is 73.1 Å². The Morgan fingerprint density at radius 3 is 2.83 bits per heavy atom. The van der Waals surface area contributed by atoms with Crippen LogP contribution in [0.4, 0.5) is 5.69 Å². The third-order valence-electron chi connectivity index (χ3n) is 3.00. The maximum absolute atomic E-state index is 11.5. The van der Waals surface area contributed by atoms with Crippen molar-refractivity contribution in [2.75, 3.05) is 0 Å². The molecule has 3 rings (SSSR count). The third-order valence-corrected chi connectivity index (χ3v) is 3.00. The molecule has 1 atom stereocenters. The molecule has 5 nitrogen and oxygen atoms in total. The zero-order chi connectivity index (χ0) is 12.8. The van der Waals surface area contributed by atoms with Crippen LogP contribution in [0.3, 0.4) is 0 Å². The number of aliphatic imine (C=N–C) groups is 1. The molecule has 0 spiro atoms. The zero-order valence-corrected chi connectivity index (χ0v) is 9.32. The highest BCUT2D eigenvalue weighted by atomic mass is 16.4. The van der Waals surface area contributed by atoms with E-state index in [9.17, 15) is 15.0 Å². The van der Waals surface area contributed by atoms with Gasteiger partial charge in [0, 0.05) is 11.8 Å². The lowest BCUT2D eigenvalue weighted by atomic mass is 9.96. The van der Waals surface area contributed by atoms with Crippen molar-refractivity contribution in [1.29, 1.82) is 0 Å². The standard InChI is InChI=1S/C13H10N2O3/c16-12(17)13(18)9-5-1-2-6-10(9)14-11-7-3-4-8-15(11)13/h1-8,18H,(H,16,17). The molecule has 1 aromatic rings. The van der Waals surface area contributed by atoms with Crippen molar-refractivity contribution >= 4 is 17.5 Å². The first-order chi connectivity index (χ1) is 8.64. The summed E-state index contributed by atoms with van der Waals surface area (Å²) in [4.78, 5) is 17.1. The predicted octanol–water partition coefficient (Wildman–Crippen LogP) is 1.35. The molecule has 0 aliphatic carbocycles. The molecule has 18 heavy (non-hydrogen) atoms. The van der Waals surface area contributed by atoms with Crippen LogP contribution in [0.2, 0.25) is 0 Å². The van der Waals surface area contributed by atoms with Crippen LogP contribution in [-0.4, -0.2) is 26.9 Å². The molecule has 1 aromatic carbocycles. The van der Waals surface area contributed by atoms with Crippen molar-refractivity contribution < 1.29 is 15.0 Å². The summed E-state index contributed by atoms with van der Waals surface area (Å²) in [5.41, 5.74) is -1.38. The predicted molar refractivity (Wildman–Crippen MR) is 65.2 cm³/mol. The molecule has 2 heterocycles. The average Bonchev–Trinajstić information content (AvgIpc) is 2.39. The molecule has 90 valence electrons. The molecule has 0 aromatic heterocycles. The maximum atomic E-state index is 11.5. The smallest absolute Gasteiger partial charge is 0.362 e. The van der Waals surface area contributed by atoms with Gasteiger partial charge in [-0.3, -0.25) is 4.90 Å². The van der Waals surface area contributed by atoms with Gasteiger partial charge in [0.2, 0.25) is 0 Å². The van der Waals surface area contributed by atoms with Gasteiger partial charge < -0.3 is 10.2 Å². The average molecular weight is 242 g/mol. The van der Waals surface area contributed by atoms with Gasteiger partial charge in [-0.2, -0.15) is 0 Å². The summed E-state index contributed by atoms with van der Waals surface area (Å²) in [6, 6.07) is 6.68. The lowest BCUT2D eigenvalue weighted by Gasteiger charge is -2.39. The number of carbonyl (C=O) groups is 1. The molecule has 1 unspecified atom stereocenters. The molecule has 2 aliphatic rings. The number of carboxylic acid groups (broad SMARTS) is 1. The van der Waals surface area contributed by atoms with Gasteiger partial charge in [0.1, 0.15) is 5.84 Å². The Morgan fingerprint density at radius 1 is 1.28 bits per heavy atom. The Balaban J connectivity index is 2.30. The minimum Gasteiger partial charge on any atom is -0.477 e. The van der Waals surface area contributed by atoms with Gasteiger partial charge in [-0.05, 0) is 18.2 Å². The molecule has 0 saturated heterocycles. The second kappa shape index (κ2) is 3.54. The van der Waals surface area contributed by atoms with E-state index < -0.39 is 11.7 Å². The first-order valence-corrected chi connectivity index (χ1v) is 5.42. The normalized spacial score (nSPS) is 24.3. The molecule has 0 amide bonds. The van der Waals surface area contributed by atoms with Gasteiger partial charge in [0.25, 0.3) is 5.72 Å². The first kappa shape index (κ1) is 10.7. The minimum absolute atomic E-state index is 0.265. The monoisotopic (exact) mass is 242 g/mol. The Hall–Kier alpha value is -2.40. The Bertz CT molecular complexity index is 618. The van der Waals surface area contributed by atoms with Crippen LogP contribution < -0.4 is 0 Å².